The van der Waals surface area contributed by atoms with Gasteiger partial charge in [0.05, 0.1) is 5.92 Å². The van der Waals surface area contributed by atoms with Crippen LogP contribution >= 0.6 is 11.6 Å². The lowest BCUT2D eigenvalue weighted by atomic mass is 9.88. The van der Waals surface area contributed by atoms with Crippen LogP contribution in [0.4, 0.5) is 0 Å². The van der Waals surface area contributed by atoms with Gasteiger partial charge in [0.15, 0.2) is 0 Å². The van der Waals surface area contributed by atoms with Gasteiger partial charge in [-0.05, 0) is 37.1 Å². The van der Waals surface area contributed by atoms with Crippen LogP contribution in [0.1, 0.15) is 33.8 Å². The molecule has 0 aromatic heterocycles. The summed E-state index contributed by atoms with van der Waals surface area (Å²) in [6, 6.07) is 15.1. The van der Waals surface area contributed by atoms with E-state index in [1.54, 1.807) is 36.3 Å². The maximum Gasteiger partial charge on any atom is 0.253 e. The van der Waals surface area contributed by atoms with E-state index in [1.807, 2.05) is 19.1 Å². The number of amides is 2. The fraction of sp³-hybridized carbons (Fsp3) is 0.391. The number of halogens is 1. The molecule has 154 valence electrons. The first-order valence-electron chi connectivity index (χ1n) is 9.87. The van der Waals surface area contributed by atoms with Crippen LogP contribution in [-0.2, 0) is 9.53 Å². The molecule has 0 aliphatic carbocycles. The monoisotopic (exact) mass is 414 g/mol. The Kier molecular flexibility index (Phi) is 7.29. The third-order valence-corrected chi connectivity index (χ3v) is 5.58. The second-order valence-electron chi connectivity index (χ2n) is 7.48. The molecular weight excluding hydrogens is 388 g/mol. The molecule has 0 bridgehead atoms. The summed E-state index contributed by atoms with van der Waals surface area (Å²) in [5.74, 6) is -0.447. The average molecular weight is 415 g/mol. The molecule has 1 fully saturated rings. The van der Waals surface area contributed by atoms with Gasteiger partial charge in [0, 0.05) is 49.9 Å². The third kappa shape index (κ3) is 5.37. The van der Waals surface area contributed by atoms with Crippen LogP contribution in [0.25, 0.3) is 0 Å². The van der Waals surface area contributed by atoms with Gasteiger partial charge in [0.25, 0.3) is 5.91 Å². The molecule has 6 heteroatoms. The Morgan fingerprint density at radius 1 is 1.17 bits per heavy atom. The summed E-state index contributed by atoms with van der Waals surface area (Å²) in [5.41, 5.74) is 2.79. The van der Waals surface area contributed by atoms with E-state index in [4.69, 9.17) is 16.3 Å². The molecule has 2 atom stereocenters. The van der Waals surface area contributed by atoms with Crippen molar-refractivity contribution in [1.82, 2.24) is 10.2 Å². The lowest BCUT2D eigenvalue weighted by molar-refractivity contribution is -0.124. The number of rotatable bonds is 7. The Balaban J connectivity index is 1.78. The van der Waals surface area contributed by atoms with Crippen molar-refractivity contribution >= 4 is 23.4 Å². The zero-order valence-corrected chi connectivity index (χ0v) is 17.6. The molecule has 1 N–H and O–H groups in total. The maximum absolute atomic E-state index is 13.0. The van der Waals surface area contributed by atoms with Crippen LogP contribution in [0, 0.1) is 12.8 Å². The molecule has 0 saturated carbocycles. The van der Waals surface area contributed by atoms with Gasteiger partial charge in [-0.15, -0.1) is 0 Å². The highest BCUT2D eigenvalue weighted by molar-refractivity contribution is 6.30. The summed E-state index contributed by atoms with van der Waals surface area (Å²) in [4.78, 5) is 27.7. The Hall–Kier alpha value is -2.37. The van der Waals surface area contributed by atoms with E-state index >= 15 is 0 Å². The molecule has 1 saturated heterocycles. The highest BCUT2D eigenvalue weighted by Gasteiger charge is 2.40. The van der Waals surface area contributed by atoms with Gasteiger partial charge in [-0.2, -0.15) is 0 Å². The summed E-state index contributed by atoms with van der Waals surface area (Å²) in [7, 11) is 1.64. The fourth-order valence-corrected chi connectivity index (χ4v) is 3.94. The minimum absolute atomic E-state index is 0.0203. The molecule has 3 rings (SSSR count). The number of benzene rings is 2. The first kappa shape index (κ1) is 21.3. The summed E-state index contributed by atoms with van der Waals surface area (Å²) < 4.78 is 5.04. The normalized spacial score (nSPS) is 18.7. The second-order valence-corrected chi connectivity index (χ2v) is 7.92. The Morgan fingerprint density at radius 3 is 2.62 bits per heavy atom. The molecule has 0 spiro atoms. The molecular formula is C23H27ClN2O3. The van der Waals surface area contributed by atoms with Crippen molar-refractivity contribution in [2.45, 2.75) is 19.3 Å². The van der Waals surface area contributed by atoms with Crippen molar-refractivity contribution in [1.29, 1.82) is 0 Å². The zero-order valence-electron chi connectivity index (χ0n) is 16.9. The highest BCUT2D eigenvalue weighted by atomic mass is 35.5. The summed E-state index contributed by atoms with van der Waals surface area (Å²) >= 11 is 6.05. The van der Waals surface area contributed by atoms with Crippen molar-refractivity contribution in [3.63, 3.8) is 0 Å². The molecule has 29 heavy (non-hydrogen) atoms. The first-order valence-corrected chi connectivity index (χ1v) is 10.3. The first-order chi connectivity index (χ1) is 14.0. The van der Waals surface area contributed by atoms with Crippen LogP contribution < -0.4 is 5.32 Å². The molecule has 5 nitrogen and oxygen atoms in total. The Morgan fingerprint density at radius 2 is 1.93 bits per heavy atom. The van der Waals surface area contributed by atoms with E-state index in [-0.39, 0.29) is 23.7 Å². The van der Waals surface area contributed by atoms with E-state index in [0.717, 1.165) is 12.0 Å². The van der Waals surface area contributed by atoms with Crippen molar-refractivity contribution in [3.05, 3.63) is 70.2 Å². The largest absolute Gasteiger partial charge is 0.385 e. The van der Waals surface area contributed by atoms with Crippen molar-refractivity contribution < 1.29 is 14.3 Å². The molecule has 2 aromatic rings. The number of hydrogen-bond acceptors (Lipinski definition) is 3. The number of carbonyl (C=O) groups is 2. The van der Waals surface area contributed by atoms with Gasteiger partial charge in [0.1, 0.15) is 0 Å². The van der Waals surface area contributed by atoms with Crippen molar-refractivity contribution in [3.8, 4) is 0 Å². The molecule has 0 unspecified atom stereocenters. The standard InChI is InChI=1S/C23H27ClN2O3/c1-16-7-9-17(10-8-16)20-14-26(23(28)18-5-3-6-19(24)13-18)15-21(20)22(27)25-11-4-12-29-2/h3,5-10,13,20-21H,4,11-12,14-15H2,1-2H3,(H,25,27)/t20-,21+/m1/s1. The van der Waals surface area contributed by atoms with E-state index < -0.39 is 0 Å². The highest BCUT2D eigenvalue weighted by Crippen LogP contribution is 2.34. The van der Waals surface area contributed by atoms with E-state index in [1.165, 1.54) is 5.56 Å². The Bertz CT molecular complexity index is 853. The molecule has 1 aliphatic rings. The summed E-state index contributed by atoms with van der Waals surface area (Å²) in [5, 5.41) is 3.53. The van der Waals surface area contributed by atoms with E-state index in [0.29, 0.717) is 36.8 Å². The third-order valence-electron chi connectivity index (χ3n) is 5.35. The average Bonchev–Trinajstić information content (AvgIpc) is 3.16. The van der Waals surface area contributed by atoms with Gasteiger partial charge in [-0.3, -0.25) is 9.59 Å². The number of nitrogens with zero attached hydrogens (tertiary/aromatic N) is 1. The minimum atomic E-state index is -0.289. The van der Waals surface area contributed by atoms with E-state index in [2.05, 4.69) is 17.4 Å². The Labute approximate surface area is 177 Å². The summed E-state index contributed by atoms with van der Waals surface area (Å²) in [6.07, 6.45) is 0.759. The fourth-order valence-electron chi connectivity index (χ4n) is 3.75. The predicted octanol–water partition coefficient (Wildman–Crippen LogP) is 3.66. The summed E-state index contributed by atoms with van der Waals surface area (Å²) in [6.45, 7) is 4.09. The smallest absolute Gasteiger partial charge is 0.253 e. The lowest BCUT2D eigenvalue weighted by Crippen LogP contribution is -2.36. The molecule has 2 aromatic carbocycles. The van der Waals surface area contributed by atoms with Gasteiger partial charge < -0.3 is 15.0 Å². The van der Waals surface area contributed by atoms with Gasteiger partial charge in [-0.25, -0.2) is 0 Å². The van der Waals surface area contributed by atoms with Crippen LogP contribution in [0.2, 0.25) is 5.02 Å². The second kappa shape index (κ2) is 9.90. The van der Waals surface area contributed by atoms with Gasteiger partial charge in [0.2, 0.25) is 5.91 Å². The number of methoxy groups -OCH3 is 1. The van der Waals surface area contributed by atoms with Crippen LogP contribution in [0.15, 0.2) is 48.5 Å². The molecule has 0 radical (unpaired) electrons. The zero-order chi connectivity index (χ0) is 20.8. The topological polar surface area (TPSA) is 58.6 Å². The van der Waals surface area contributed by atoms with E-state index in [9.17, 15) is 9.59 Å². The lowest BCUT2D eigenvalue weighted by Gasteiger charge is -2.18. The molecule has 1 heterocycles. The van der Waals surface area contributed by atoms with Gasteiger partial charge >= 0.3 is 0 Å². The quantitative estimate of drug-likeness (QED) is 0.703. The number of aryl methyl sites for hydroxylation is 1. The number of carbonyl (C=O) groups excluding carboxylic acids is 2. The number of nitrogens with one attached hydrogen (secondary N) is 1. The van der Waals surface area contributed by atoms with Crippen LogP contribution in [0.3, 0.4) is 0 Å². The number of likely N-dealkylation sites (tertiary alicyclic amines) is 1. The van der Waals surface area contributed by atoms with Crippen LogP contribution in [-0.4, -0.2) is 50.1 Å². The SMILES string of the molecule is COCCCNC(=O)[C@H]1CN(C(=O)c2cccc(Cl)c2)C[C@@H]1c1ccc(C)cc1. The van der Waals surface area contributed by atoms with Crippen molar-refractivity contribution in [2.24, 2.45) is 5.92 Å². The maximum atomic E-state index is 13.0. The minimum Gasteiger partial charge on any atom is -0.385 e. The van der Waals surface area contributed by atoms with Crippen LogP contribution in [0.5, 0.6) is 0 Å². The predicted molar refractivity (Wildman–Crippen MR) is 114 cm³/mol. The van der Waals surface area contributed by atoms with Gasteiger partial charge in [-0.1, -0.05) is 47.5 Å². The van der Waals surface area contributed by atoms with Crippen molar-refractivity contribution in [2.75, 3.05) is 33.4 Å². The molecule has 2 amide bonds. The number of hydrogen-bond donors (Lipinski definition) is 1. The number of ether oxygens (including phenoxy) is 1. The molecule has 1 aliphatic heterocycles.